The summed E-state index contributed by atoms with van der Waals surface area (Å²) in [4.78, 5) is 11.9. The predicted molar refractivity (Wildman–Crippen MR) is 92.4 cm³/mol. The second-order valence-electron chi connectivity index (χ2n) is 5.75. The van der Waals surface area contributed by atoms with Crippen molar-refractivity contribution >= 4 is 22.5 Å². The van der Waals surface area contributed by atoms with Gasteiger partial charge in [0, 0.05) is 12.1 Å². The Labute approximate surface area is 140 Å². The third-order valence-electron chi connectivity index (χ3n) is 3.95. The first-order valence-corrected chi connectivity index (χ1v) is 8.40. The van der Waals surface area contributed by atoms with E-state index in [0.29, 0.717) is 5.13 Å². The Balaban J connectivity index is 1.90. The van der Waals surface area contributed by atoms with Crippen molar-refractivity contribution in [3.63, 3.8) is 0 Å². The zero-order valence-electron chi connectivity index (χ0n) is 13.5. The summed E-state index contributed by atoms with van der Waals surface area (Å²) in [6.45, 7) is 5.86. The van der Waals surface area contributed by atoms with Crippen LogP contribution < -0.4 is 10.6 Å². The van der Waals surface area contributed by atoms with Gasteiger partial charge in [0.1, 0.15) is 5.01 Å². The second kappa shape index (κ2) is 7.52. The van der Waals surface area contributed by atoms with Gasteiger partial charge in [0.15, 0.2) is 0 Å². The Hall–Kier alpha value is -1.99. The first kappa shape index (κ1) is 17.4. The highest BCUT2D eigenvalue weighted by molar-refractivity contribution is 7.18. The van der Waals surface area contributed by atoms with Gasteiger partial charge in [0.2, 0.25) is 5.13 Å². The topological polar surface area (TPSA) is 87.1 Å². The second-order valence-corrected chi connectivity index (χ2v) is 6.73. The minimum Gasteiger partial charge on any atom is -0.388 e. The summed E-state index contributed by atoms with van der Waals surface area (Å²) in [6, 6.07) is 9.26. The maximum atomic E-state index is 11.9. The first-order valence-electron chi connectivity index (χ1n) is 7.58. The molecule has 0 radical (unpaired) electrons. The number of urea groups is 1. The van der Waals surface area contributed by atoms with E-state index in [1.807, 2.05) is 44.2 Å². The Morgan fingerprint density at radius 2 is 2.04 bits per heavy atom. The van der Waals surface area contributed by atoms with Crippen molar-refractivity contribution in [2.24, 2.45) is 5.92 Å². The third kappa shape index (κ3) is 4.74. The molecule has 1 aromatic carbocycles. The molecule has 2 aromatic rings. The van der Waals surface area contributed by atoms with Crippen molar-refractivity contribution in [3.05, 3.63) is 30.3 Å². The summed E-state index contributed by atoms with van der Waals surface area (Å²) >= 11 is 1.30. The van der Waals surface area contributed by atoms with Gasteiger partial charge in [-0.25, -0.2) is 4.79 Å². The Morgan fingerprint density at radius 3 is 2.70 bits per heavy atom. The first-order chi connectivity index (χ1) is 10.9. The van der Waals surface area contributed by atoms with E-state index < -0.39 is 11.6 Å². The highest BCUT2D eigenvalue weighted by atomic mass is 32.1. The molecule has 0 saturated carbocycles. The number of nitrogens with zero attached hydrogens (tertiary/aromatic N) is 2. The lowest BCUT2D eigenvalue weighted by atomic mass is 9.89. The summed E-state index contributed by atoms with van der Waals surface area (Å²) in [6.07, 6.45) is 0.840. The van der Waals surface area contributed by atoms with Gasteiger partial charge in [-0.05, 0) is 12.8 Å². The lowest BCUT2D eigenvalue weighted by molar-refractivity contribution is 0.00827. The van der Waals surface area contributed by atoms with Gasteiger partial charge >= 0.3 is 6.03 Å². The maximum absolute atomic E-state index is 11.9. The molecule has 0 spiro atoms. The number of hydrogen-bond donors (Lipinski definition) is 3. The van der Waals surface area contributed by atoms with E-state index >= 15 is 0 Å². The minimum absolute atomic E-state index is 0.0917. The van der Waals surface area contributed by atoms with Gasteiger partial charge in [-0.1, -0.05) is 61.9 Å². The van der Waals surface area contributed by atoms with E-state index in [2.05, 4.69) is 20.8 Å². The lowest BCUT2D eigenvalue weighted by Gasteiger charge is -2.29. The van der Waals surface area contributed by atoms with Crippen LogP contribution in [0.5, 0.6) is 0 Å². The number of benzene rings is 1. The fourth-order valence-corrected chi connectivity index (χ4v) is 2.73. The van der Waals surface area contributed by atoms with Gasteiger partial charge < -0.3 is 10.4 Å². The normalized spacial score (nSPS) is 14.8. The van der Waals surface area contributed by atoms with Gasteiger partial charge in [0.05, 0.1) is 5.60 Å². The number of hydrogen-bond acceptors (Lipinski definition) is 5. The average Bonchev–Trinajstić information content (AvgIpc) is 3.01. The molecule has 2 amide bonds. The van der Waals surface area contributed by atoms with Crippen LogP contribution in [-0.2, 0) is 0 Å². The fourth-order valence-electron chi connectivity index (χ4n) is 1.99. The van der Waals surface area contributed by atoms with Crippen molar-refractivity contribution in [2.45, 2.75) is 32.8 Å². The molecule has 2 rings (SSSR count). The smallest absolute Gasteiger partial charge is 0.321 e. The van der Waals surface area contributed by atoms with Crippen LogP contribution in [0.1, 0.15) is 27.2 Å². The molecule has 3 N–H and O–H groups in total. The molecule has 2 atom stereocenters. The van der Waals surface area contributed by atoms with Crippen LogP contribution in [-0.4, -0.2) is 33.5 Å². The van der Waals surface area contributed by atoms with Gasteiger partial charge in [0.25, 0.3) is 0 Å². The number of rotatable bonds is 6. The molecule has 0 fully saturated rings. The Morgan fingerprint density at radius 1 is 1.35 bits per heavy atom. The van der Waals surface area contributed by atoms with Gasteiger partial charge in [-0.15, -0.1) is 10.2 Å². The highest BCUT2D eigenvalue weighted by Gasteiger charge is 2.27. The average molecular weight is 334 g/mol. The Kier molecular flexibility index (Phi) is 5.68. The van der Waals surface area contributed by atoms with Gasteiger partial charge in [-0.3, -0.25) is 5.32 Å². The van der Waals surface area contributed by atoms with Crippen LogP contribution in [0.2, 0.25) is 0 Å². The third-order valence-corrected chi connectivity index (χ3v) is 4.83. The number of anilines is 1. The summed E-state index contributed by atoms with van der Waals surface area (Å²) < 4.78 is 0. The molecule has 0 aliphatic heterocycles. The van der Waals surface area contributed by atoms with Crippen LogP contribution in [0.4, 0.5) is 9.93 Å². The number of aliphatic hydroxyl groups is 1. The summed E-state index contributed by atoms with van der Waals surface area (Å²) in [5, 5.41) is 24.8. The van der Waals surface area contributed by atoms with Crippen LogP contribution in [0.3, 0.4) is 0 Å². The number of carbonyl (C=O) groups excluding carboxylic acids is 1. The highest BCUT2D eigenvalue weighted by Crippen LogP contribution is 2.25. The van der Waals surface area contributed by atoms with Crippen molar-refractivity contribution in [3.8, 4) is 10.6 Å². The number of aromatic nitrogens is 2. The SMILES string of the molecule is CCC(C)C(C)(O)CNC(=O)Nc1nnc(-c2ccccc2)s1. The minimum atomic E-state index is -0.942. The monoisotopic (exact) mass is 334 g/mol. The molecule has 124 valence electrons. The lowest BCUT2D eigenvalue weighted by Crippen LogP contribution is -2.46. The predicted octanol–water partition coefficient (Wildman–Crippen LogP) is 3.12. The number of amides is 2. The molecular formula is C16H22N4O2S. The molecule has 0 saturated heterocycles. The van der Waals surface area contributed by atoms with E-state index in [1.54, 1.807) is 6.92 Å². The Bertz CT molecular complexity index is 643. The number of nitrogens with one attached hydrogen (secondary N) is 2. The van der Waals surface area contributed by atoms with Crippen molar-refractivity contribution < 1.29 is 9.90 Å². The molecule has 6 nitrogen and oxygen atoms in total. The molecule has 2 unspecified atom stereocenters. The van der Waals surface area contributed by atoms with Crippen LogP contribution >= 0.6 is 11.3 Å². The molecule has 1 aromatic heterocycles. The largest absolute Gasteiger partial charge is 0.388 e. The summed E-state index contributed by atoms with van der Waals surface area (Å²) in [5.41, 5.74) is 0.0146. The molecule has 0 bridgehead atoms. The van der Waals surface area contributed by atoms with Crippen molar-refractivity contribution in [1.82, 2.24) is 15.5 Å². The number of carbonyl (C=O) groups is 1. The van der Waals surface area contributed by atoms with E-state index in [1.165, 1.54) is 11.3 Å². The van der Waals surface area contributed by atoms with Crippen LogP contribution in [0.15, 0.2) is 30.3 Å². The summed E-state index contributed by atoms with van der Waals surface area (Å²) in [5.74, 6) is 0.0917. The quantitative estimate of drug-likeness (QED) is 0.757. The molecule has 1 heterocycles. The van der Waals surface area contributed by atoms with Crippen molar-refractivity contribution in [2.75, 3.05) is 11.9 Å². The summed E-state index contributed by atoms with van der Waals surface area (Å²) in [7, 11) is 0. The molecular weight excluding hydrogens is 312 g/mol. The maximum Gasteiger partial charge on any atom is 0.321 e. The van der Waals surface area contributed by atoms with E-state index in [-0.39, 0.29) is 12.5 Å². The van der Waals surface area contributed by atoms with E-state index in [0.717, 1.165) is 17.0 Å². The zero-order chi connectivity index (χ0) is 16.9. The van der Waals surface area contributed by atoms with Gasteiger partial charge in [-0.2, -0.15) is 0 Å². The molecule has 23 heavy (non-hydrogen) atoms. The standard InChI is InChI=1S/C16H22N4O2S/c1-4-11(2)16(3,22)10-17-14(21)18-15-20-19-13(23-15)12-8-6-5-7-9-12/h5-9,11,22H,4,10H2,1-3H3,(H2,17,18,20,21). The molecule has 0 aliphatic carbocycles. The van der Waals surface area contributed by atoms with E-state index in [9.17, 15) is 9.90 Å². The fraction of sp³-hybridized carbons (Fsp3) is 0.438. The molecule has 7 heteroatoms. The van der Waals surface area contributed by atoms with Crippen molar-refractivity contribution in [1.29, 1.82) is 0 Å². The molecule has 0 aliphatic rings. The zero-order valence-corrected chi connectivity index (χ0v) is 14.4. The van der Waals surface area contributed by atoms with Crippen LogP contribution in [0.25, 0.3) is 10.6 Å². The van der Waals surface area contributed by atoms with Crippen LogP contribution in [0, 0.1) is 5.92 Å². The van der Waals surface area contributed by atoms with E-state index in [4.69, 9.17) is 0 Å².